The number of ether oxygens (including phenoxy) is 1. The minimum atomic E-state index is -3.89. The molecular formula is C22H19FN2O5S. The molecule has 0 saturated heterocycles. The Morgan fingerprint density at radius 2 is 1.94 bits per heavy atom. The van der Waals surface area contributed by atoms with Crippen molar-refractivity contribution in [2.45, 2.75) is 30.0 Å². The minimum Gasteiger partial charge on any atom is -0.468 e. The van der Waals surface area contributed by atoms with Crippen molar-refractivity contribution in [3.63, 3.8) is 0 Å². The molecule has 9 heteroatoms. The van der Waals surface area contributed by atoms with Crippen LogP contribution in [-0.2, 0) is 32.3 Å². The largest absolute Gasteiger partial charge is 0.468 e. The van der Waals surface area contributed by atoms with Gasteiger partial charge in [-0.05, 0) is 42.8 Å². The number of sulfone groups is 1. The highest BCUT2D eigenvalue weighted by Crippen LogP contribution is 2.29. The number of oxazole rings is 1. The second-order valence-corrected chi connectivity index (χ2v) is 8.81. The number of methoxy groups -OCH3 is 1. The maximum absolute atomic E-state index is 14.0. The molecule has 0 aliphatic heterocycles. The maximum atomic E-state index is 14.0. The number of esters is 1. The van der Waals surface area contributed by atoms with Gasteiger partial charge in [-0.3, -0.25) is 4.79 Å². The van der Waals surface area contributed by atoms with Crippen LogP contribution in [0.5, 0.6) is 0 Å². The van der Waals surface area contributed by atoms with Crippen molar-refractivity contribution in [3.8, 4) is 0 Å². The summed E-state index contributed by atoms with van der Waals surface area (Å²) in [5, 5.41) is 0.202. The Morgan fingerprint density at radius 3 is 2.65 bits per heavy atom. The molecule has 0 radical (unpaired) electrons. The number of aromatic nitrogens is 2. The van der Waals surface area contributed by atoms with E-state index in [9.17, 15) is 17.6 Å². The third-order valence-electron chi connectivity index (χ3n) is 5.10. The first-order valence-corrected chi connectivity index (χ1v) is 10.9. The molecule has 0 N–H and O–H groups in total. The fraction of sp³-hybridized carbons (Fsp3) is 0.182. The van der Waals surface area contributed by atoms with Crippen LogP contribution >= 0.6 is 0 Å². The van der Waals surface area contributed by atoms with Crippen molar-refractivity contribution in [1.82, 2.24) is 9.55 Å². The molecule has 0 atom stereocenters. The Hall–Kier alpha value is -3.46. The summed E-state index contributed by atoms with van der Waals surface area (Å²) in [7, 11) is -2.59. The van der Waals surface area contributed by atoms with Crippen molar-refractivity contribution in [1.29, 1.82) is 0 Å². The number of nitrogens with zero attached hydrogens (tertiary/aromatic N) is 2. The SMILES string of the molecule is COC(=O)Cn1c(C)c(Cc2coc(S(=O)(=O)c3ccccc3)n2)c2cc(F)ccc21. The van der Waals surface area contributed by atoms with Crippen LogP contribution in [0.2, 0.25) is 0 Å². The summed E-state index contributed by atoms with van der Waals surface area (Å²) in [4.78, 5) is 16.1. The van der Waals surface area contributed by atoms with Gasteiger partial charge in [0.2, 0.25) is 0 Å². The van der Waals surface area contributed by atoms with Crippen LogP contribution in [0.4, 0.5) is 4.39 Å². The number of hydrogen-bond donors (Lipinski definition) is 0. The van der Waals surface area contributed by atoms with Gasteiger partial charge < -0.3 is 13.7 Å². The van der Waals surface area contributed by atoms with Crippen molar-refractivity contribution >= 4 is 26.7 Å². The van der Waals surface area contributed by atoms with Crippen LogP contribution in [0.1, 0.15) is 17.0 Å². The number of benzene rings is 2. The molecule has 0 amide bonds. The summed E-state index contributed by atoms with van der Waals surface area (Å²) >= 11 is 0. The van der Waals surface area contributed by atoms with Crippen LogP contribution in [0.25, 0.3) is 10.9 Å². The van der Waals surface area contributed by atoms with Gasteiger partial charge in [0.05, 0.1) is 17.7 Å². The van der Waals surface area contributed by atoms with Crippen molar-refractivity contribution < 1.29 is 26.8 Å². The first kappa shape index (κ1) is 20.8. The van der Waals surface area contributed by atoms with Crippen LogP contribution in [0.15, 0.2) is 69.3 Å². The average molecular weight is 442 g/mol. The zero-order chi connectivity index (χ0) is 22.2. The van der Waals surface area contributed by atoms with Gasteiger partial charge in [0, 0.05) is 23.0 Å². The highest BCUT2D eigenvalue weighted by molar-refractivity contribution is 7.91. The van der Waals surface area contributed by atoms with Crippen LogP contribution in [-0.4, -0.2) is 31.0 Å². The lowest BCUT2D eigenvalue weighted by Gasteiger charge is -2.07. The molecule has 2 aromatic heterocycles. The Balaban J connectivity index is 1.74. The molecule has 31 heavy (non-hydrogen) atoms. The Morgan fingerprint density at radius 1 is 1.19 bits per heavy atom. The standard InChI is InChI=1S/C22H19FN2O5S/c1-14-18(19-10-15(23)8-9-20(19)25(14)12-21(26)29-2)11-16-13-30-22(24-16)31(27,28)17-6-4-3-5-7-17/h3-10,13H,11-12H2,1-2H3. The van der Waals surface area contributed by atoms with Crippen molar-refractivity contribution in [2.24, 2.45) is 0 Å². The third kappa shape index (κ3) is 3.84. The van der Waals surface area contributed by atoms with E-state index in [0.717, 1.165) is 11.3 Å². The molecule has 2 aromatic carbocycles. The van der Waals surface area contributed by atoms with E-state index in [2.05, 4.69) is 4.98 Å². The zero-order valence-corrected chi connectivity index (χ0v) is 17.6. The summed E-state index contributed by atoms with van der Waals surface area (Å²) in [5.74, 6) is -0.856. The number of fused-ring (bicyclic) bond motifs is 1. The number of rotatable bonds is 6. The van der Waals surface area contributed by atoms with E-state index in [1.165, 1.54) is 37.6 Å². The molecule has 0 fully saturated rings. The lowest BCUT2D eigenvalue weighted by atomic mass is 10.1. The molecule has 2 heterocycles. The average Bonchev–Trinajstić information content (AvgIpc) is 3.34. The Kier molecular flexibility index (Phi) is 5.36. The van der Waals surface area contributed by atoms with Gasteiger partial charge in [-0.1, -0.05) is 18.2 Å². The fourth-order valence-electron chi connectivity index (χ4n) is 3.52. The van der Waals surface area contributed by atoms with Gasteiger partial charge in [0.1, 0.15) is 18.6 Å². The predicted molar refractivity (Wildman–Crippen MR) is 110 cm³/mol. The smallest absolute Gasteiger partial charge is 0.325 e. The van der Waals surface area contributed by atoms with E-state index in [4.69, 9.17) is 9.15 Å². The second-order valence-electron chi connectivity index (χ2n) is 6.99. The summed E-state index contributed by atoms with van der Waals surface area (Å²) in [6, 6.07) is 12.2. The first-order chi connectivity index (χ1) is 14.8. The van der Waals surface area contributed by atoms with Crippen LogP contribution in [0.3, 0.4) is 0 Å². The van der Waals surface area contributed by atoms with Gasteiger partial charge in [-0.2, -0.15) is 0 Å². The zero-order valence-electron chi connectivity index (χ0n) is 16.8. The van der Waals surface area contributed by atoms with E-state index in [1.54, 1.807) is 35.8 Å². The monoisotopic (exact) mass is 442 g/mol. The van der Waals surface area contributed by atoms with Gasteiger partial charge in [-0.25, -0.2) is 17.8 Å². The summed E-state index contributed by atoms with van der Waals surface area (Å²) < 4.78 is 51.2. The fourth-order valence-corrected chi connectivity index (χ4v) is 4.65. The molecule has 4 aromatic rings. The summed E-state index contributed by atoms with van der Waals surface area (Å²) in [6.45, 7) is 1.77. The molecule has 0 aliphatic rings. The van der Waals surface area contributed by atoms with Gasteiger partial charge in [-0.15, -0.1) is 0 Å². The van der Waals surface area contributed by atoms with E-state index in [-0.39, 0.29) is 17.9 Å². The van der Waals surface area contributed by atoms with E-state index < -0.39 is 26.8 Å². The van der Waals surface area contributed by atoms with Crippen molar-refractivity contribution in [2.75, 3.05) is 7.11 Å². The normalized spacial score (nSPS) is 11.7. The van der Waals surface area contributed by atoms with E-state index in [1.807, 2.05) is 0 Å². The molecule has 0 bridgehead atoms. The highest BCUT2D eigenvalue weighted by atomic mass is 32.2. The molecular weight excluding hydrogens is 423 g/mol. The lowest BCUT2D eigenvalue weighted by Crippen LogP contribution is -2.12. The highest BCUT2D eigenvalue weighted by Gasteiger charge is 2.25. The number of carbonyl (C=O) groups excluding carboxylic acids is 1. The quantitative estimate of drug-likeness (QED) is 0.423. The van der Waals surface area contributed by atoms with Crippen LogP contribution in [0, 0.1) is 12.7 Å². The molecule has 0 saturated carbocycles. The third-order valence-corrected chi connectivity index (χ3v) is 6.64. The van der Waals surface area contributed by atoms with Gasteiger partial charge in [0.15, 0.2) is 0 Å². The molecule has 0 aliphatic carbocycles. The molecule has 4 rings (SSSR count). The van der Waals surface area contributed by atoms with Gasteiger partial charge >= 0.3 is 11.2 Å². The van der Waals surface area contributed by atoms with Crippen molar-refractivity contribution in [3.05, 3.63) is 77.6 Å². The first-order valence-electron chi connectivity index (χ1n) is 9.40. The number of halogens is 1. The summed E-state index contributed by atoms with van der Waals surface area (Å²) in [5.41, 5.74) is 2.48. The van der Waals surface area contributed by atoms with Crippen LogP contribution < -0.4 is 0 Å². The molecule has 0 spiro atoms. The van der Waals surface area contributed by atoms with E-state index in [0.29, 0.717) is 16.6 Å². The number of carbonyl (C=O) groups is 1. The van der Waals surface area contributed by atoms with Gasteiger partial charge in [0.25, 0.3) is 9.84 Å². The molecule has 7 nitrogen and oxygen atoms in total. The Labute approximate surface area is 178 Å². The maximum Gasteiger partial charge on any atom is 0.325 e. The molecule has 160 valence electrons. The minimum absolute atomic E-state index is 0.0308. The van der Waals surface area contributed by atoms with E-state index >= 15 is 0 Å². The lowest BCUT2D eigenvalue weighted by molar-refractivity contribution is -0.141. The number of hydrogen-bond acceptors (Lipinski definition) is 6. The second kappa shape index (κ2) is 7.99. The predicted octanol–water partition coefficient (Wildman–Crippen LogP) is 3.67. The Bertz CT molecular complexity index is 1370. The summed E-state index contributed by atoms with van der Waals surface area (Å²) in [6.07, 6.45) is 1.48. The molecule has 0 unspecified atom stereocenters. The topological polar surface area (TPSA) is 91.4 Å².